The molecule has 3 aromatic rings. The summed E-state index contributed by atoms with van der Waals surface area (Å²) in [4.78, 5) is 15.2. The molecule has 0 N–H and O–H groups in total. The van der Waals surface area contributed by atoms with E-state index in [-0.39, 0.29) is 16.7 Å². The van der Waals surface area contributed by atoms with Crippen LogP contribution in [0.3, 0.4) is 0 Å². The van der Waals surface area contributed by atoms with Gasteiger partial charge in [0, 0.05) is 16.3 Å². The Hall–Kier alpha value is -2.43. The number of hydrogen-bond acceptors (Lipinski definition) is 2. The van der Waals surface area contributed by atoms with Crippen molar-refractivity contribution in [3.63, 3.8) is 0 Å². The fourth-order valence-corrected chi connectivity index (χ4v) is 2.55. The minimum Gasteiger partial charge on any atom is -0.295 e. The van der Waals surface area contributed by atoms with E-state index in [0.29, 0.717) is 16.3 Å². The van der Waals surface area contributed by atoms with Crippen LogP contribution < -0.4 is 0 Å². The first-order chi connectivity index (χ1) is 10.3. The fraction of sp³-hybridized carbons (Fsp3) is 0.176. The lowest BCUT2D eigenvalue weighted by Gasteiger charge is -2.13. The van der Waals surface area contributed by atoms with Crippen molar-refractivity contribution in [3.8, 4) is 0 Å². The van der Waals surface area contributed by atoms with E-state index < -0.39 is 11.9 Å². The Morgan fingerprint density at radius 3 is 2.36 bits per heavy atom. The van der Waals surface area contributed by atoms with Gasteiger partial charge in [-0.25, -0.2) is 4.98 Å². The van der Waals surface area contributed by atoms with Gasteiger partial charge in [0.1, 0.15) is 0 Å². The Bertz CT molecular complexity index is 913. The summed E-state index contributed by atoms with van der Waals surface area (Å²) in [5, 5.41) is 1.06. The number of aromatic nitrogens is 1. The van der Waals surface area contributed by atoms with Crippen LogP contribution in [0.5, 0.6) is 0 Å². The number of Topliss-reactive ketones (excluding diaryl/α,β-unsaturated/α-hetero) is 1. The molecule has 0 bridgehead atoms. The highest BCUT2D eigenvalue weighted by molar-refractivity contribution is 6.09. The second-order valence-corrected chi connectivity index (χ2v) is 5.30. The summed E-state index contributed by atoms with van der Waals surface area (Å²) in [6.07, 6.45) is -4.58. The number of ketones is 1. The predicted molar refractivity (Wildman–Crippen MR) is 79.0 cm³/mol. The molecular weight excluding hydrogens is 291 g/mol. The van der Waals surface area contributed by atoms with E-state index in [9.17, 15) is 18.0 Å². The molecule has 0 atom stereocenters. The molecule has 1 aromatic heterocycles. The topological polar surface area (TPSA) is 30.0 Å². The summed E-state index contributed by atoms with van der Waals surface area (Å²) < 4.78 is 39.9. The van der Waals surface area contributed by atoms with Crippen LogP contribution in [0, 0.1) is 6.92 Å². The molecular formula is C17H12F3NO. The van der Waals surface area contributed by atoms with Crippen molar-refractivity contribution in [2.24, 2.45) is 0 Å². The van der Waals surface area contributed by atoms with Gasteiger partial charge in [-0.2, -0.15) is 13.2 Å². The van der Waals surface area contributed by atoms with E-state index in [1.165, 1.54) is 13.0 Å². The number of fused-ring (bicyclic) bond motifs is 3. The number of benzene rings is 2. The summed E-state index contributed by atoms with van der Waals surface area (Å²) >= 11 is 0. The lowest BCUT2D eigenvalue weighted by molar-refractivity contribution is -0.139. The second kappa shape index (κ2) is 4.80. The first kappa shape index (κ1) is 14.5. The van der Waals surface area contributed by atoms with Crippen LogP contribution in [0.2, 0.25) is 0 Å². The van der Waals surface area contributed by atoms with E-state index in [4.69, 9.17) is 0 Å². The zero-order valence-electron chi connectivity index (χ0n) is 12.0. The molecule has 1 heterocycles. The Kier molecular flexibility index (Phi) is 3.16. The zero-order chi connectivity index (χ0) is 16.1. The molecule has 0 aliphatic rings. The van der Waals surface area contributed by atoms with Crippen molar-refractivity contribution >= 4 is 27.5 Å². The van der Waals surface area contributed by atoms with Crippen molar-refractivity contribution in [1.82, 2.24) is 4.98 Å². The highest BCUT2D eigenvalue weighted by Gasteiger charge is 2.35. The van der Waals surface area contributed by atoms with Gasteiger partial charge in [0.15, 0.2) is 11.5 Å². The number of aryl methyl sites for hydroxylation is 1. The number of carbonyl (C=O) groups is 1. The van der Waals surface area contributed by atoms with Crippen LogP contribution in [0.4, 0.5) is 13.2 Å². The molecule has 0 saturated carbocycles. The molecule has 0 aliphatic heterocycles. The molecule has 0 aliphatic carbocycles. The number of pyridine rings is 1. The van der Waals surface area contributed by atoms with Gasteiger partial charge >= 0.3 is 6.18 Å². The molecule has 22 heavy (non-hydrogen) atoms. The third-order valence-electron chi connectivity index (χ3n) is 3.62. The standard InChI is InChI=1S/C17H12F3NO/c1-9-3-6-15-13(7-9)12-5-4-11(10(2)22)8-14(12)16(21-15)17(18,19)20/h3-8H,1-2H3. The van der Waals surface area contributed by atoms with Gasteiger partial charge < -0.3 is 0 Å². The molecule has 0 amide bonds. The van der Waals surface area contributed by atoms with Crippen LogP contribution in [-0.2, 0) is 6.18 Å². The van der Waals surface area contributed by atoms with Crippen molar-refractivity contribution in [2.75, 3.05) is 0 Å². The number of alkyl halides is 3. The average molecular weight is 303 g/mol. The van der Waals surface area contributed by atoms with E-state index in [0.717, 1.165) is 5.56 Å². The summed E-state index contributed by atoms with van der Waals surface area (Å²) in [6, 6.07) is 9.49. The first-order valence-electron chi connectivity index (χ1n) is 6.69. The van der Waals surface area contributed by atoms with E-state index in [1.54, 1.807) is 30.3 Å². The highest BCUT2D eigenvalue weighted by atomic mass is 19.4. The van der Waals surface area contributed by atoms with Crippen molar-refractivity contribution in [3.05, 3.63) is 53.2 Å². The van der Waals surface area contributed by atoms with Gasteiger partial charge in [-0.05, 0) is 37.4 Å². The monoisotopic (exact) mass is 303 g/mol. The highest BCUT2D eigenvalue weighted by Crippen LogP contribution is 2.37. The van der Waals surface area contributed by atoms with Crippen molar-refractivity contribution < 1.29 is 18.0 Å². The molecule has 0 fully saturated rings. The Balaban J connectivity index is 2.51. The van der Waals surface area contributed by atoms with Crippen molar-refractivity contribution in [1.29, 1.82) is 0 Å². The zero-order valence-corrected chi connectivity index (χ0v) is 12.0. The van der Waals surface area contributed by atoms with Gasteiger partial charge in [0.2, 0.25) is 0 Å². The van der Waals surface area contributed by atoms with Gasteiger partial charge in [-0.3, -0.25) is 4.79 Å². The minimum atomic E-state index is -4.58. The molecule has 2 nitrogen and oxygen atoms in total. The maximum atomic E-state index is 13.3. The van der Waals surface area contributed by atoms with Crippen molar-refractivity contribution in [2.45, 2.75) is 20.0 Å². The molecule has 0 unspecified atom stereocenters. The molecule has 2 aromatic carbocycles. The average Bonchev–Trinajstić information content (AvgIpc) is 2.44. The summed E-state index contributed by atoms with van der Waals surface area (Å²) in [7, 11) is 0. The van der Waals surface area contributed by atoms with Crippen LogP contribution in [0.25, 0.3) is 21.7 Å². The normalized spacial score (nSPS) is 12.0. The van der Waals surface area contributed by atoms with E-state index in [2.05, 4.69) is 4.98 Å². The molecule has 0 saturated heterocycles. The smallest absolute Gasteiger partial charge is 0.295 e. The lowest BCUT2D eigenvalue weighted by Crippen LogP contribution is -2.09. The number of hydrogen-bond donors (Lipinski definition) is 0. The number of rotatable bonds is 1. The second-order valence-electron chi connectivity index (χ2n) is 5.30. The quantitative estimate of drug-likeness (QED) is 0.472. The first-order valence-corrected chi connectivity index (χ1v) is 6.69. The molecule has 5 heteroatoms. The number of halogens is 3. The Morgan fingerprint density at radius 2 is 1.73 bits per heavy atom. The van der Waals surface area contributed by atoms with E-state index in [1.807, 2.05) is 6.92 Å². The van der Waals surface area contributed by atoms with Crippen LogP contribution in [0.1, 0.15) is 28.5 Å². The van der Waals surface area contributed by atoms with Gasteiger partial charge in [0.25, 0.3) is 0 Å². The number of carbonyl (C=O) groups excluding carboxylic acids is 1. The van der Waals surface area contributed by atoms with Crippen LogP contribution in [-0.4, -0.2) is 10.8 Å². The van der Waals surface area contributed by atoms with Gasteiger partial charge in [-0.15, -0.1) is 0 Å². The maximum absolute atomic E-state index is 13.3. The molecule has 0 radical (unpaired) electrons. The summed E-state index contributed by atoms with van der Waals surface area (Å²) in [6.45, 7) is 3.19. The largest absolute Gasteiger partial charge is 0.433 e. The Morgan fingerprint density at radius 1 is 1.00 bits per heavy atom. The number of nitrogens with zero attached hydrogens (tertiary/aromatic N) is 1. The SMILES string of the molecule is CC(=O)c1ccc2c(c1)c(C(F)(F)F)nc1ccc(C)cc12. The van der Waals surface area contributed by atoms with Gasteiger partial charge in [-0.1, -0.05) is 23.8 Å². The lowest BCUT2D eigenvalue weighted by atomic mass is 9.99. The van der Waals surface area contributed by atoms with E-state index >= 15 is 0 Å². The summed E-state index contributed by atoms with van der Waals surface area (Å²) in [5.41, 5.74) is 0.515. The summed E-state index contributed by atoms with van der Waals surface area (Å²) in [5.74, 6) is -0.278. The fourth-order valence-electron chi connectivity index (χ4n) is 2.55. The molecule has 0 spiro atoms. The Labute approximate surface area is 124 Å². The maximum Gasteiger partial charge on any atom is 0.433 e. The molecule has 3 rings (SSSR count). The third-order valence-corrected chi connectivity index (χ3v) is 3.62. The molecule has 112 valence electrons. The minimum absolute atomic E-state index is 0.0432. The predicted octanol–water partition coefficient (Wildman–Crippen LogP) is 4.92. The van der Waals surface area contributed by atoms with Crippen LogP contribution >= 0.6 is 0 Å². The van der Waals surface area contributed by atoms with Crippen LogP contribution in [0.15, 0.2) is 36.4 Å². The third kappa shape index (κ3) is 2.32. The van der Waals surface area contributed by atoms with Gasteiger partial charge in [0.05, 0.1) is 5.52 Å².